The number of unbranched alkanes of at least 4 members (excludes halogenated alkanes) is 4. The van der Waals surface area contributed by atoms with E-state index in [-0.39, 0.29) is 35.9 Å². The van der Waals surface area contributed by atoms with Crippen molar-refractivity contribution in [3.8, 4) is 0 Å². The van der Waals surface area contributed by atoms with Crippen molar-refractivity contribution in [3.63, 3.8) is 0 Å². The minimum absolute atomic E-state index is 0.0834. The van der Waals surface area contributed by atoms with Crippen molar-refractivity contribution in [1.29, 1.82) is 0 Å². The Bertz CT molecular complexity index is 835. The third-order valence-corrected chi connectivity index (χ3v) is 8.48. The molecule has 0 aromatic rings. The Hall–Kier alpha value is -1.71. The molecule has 3 aliphatic rings. The zero-order valence-corrected chi connectivity index (χ0v) is 23.2. The largest absolute Gasteiger partial charge is 0.465 e. The smallest absolute Gasteiger partial charge is 0.312 e. The summed E-state index contributed by atoms with van der Waals surface area (Å²) in [5.74, 6) is -2.32. The minimum Gasteiger partial charge on any atom is -0.465 e. The number of amides is 2. The summed E-state index contributed by atoms with van der Waals surface area (Å²) >= 11 is 3.68. The van der Waals surface area contributed by atoms with E-state index in [9.17, 15) is 19.5 Å². The van der Waals surface area contributed by atoms with Crippen LogP contribution in [0.3, 0.4) is 0 Å². The first-order chi connectivity index (χ1) is 17.2. The van der Waals surface area contributed by atoms with Gasteiger partial charge in [0, 0.05) is 30.6 Å². The molecule has 1 spiro atoms. The van der Waals surface area contributed by atoms with E-state index in [1.807, 2.05) is 19.9 Å². The van der Waals surface area contributed by atoms with Crippen molar-refractivity contribution in [2.75, 3.05) is 26.3 Å². The quantitative estimate of drug-likeness (QED) is 0.141. The fourth-order valence-electron chi connectivity index (χ4n) is 6.00. The molecule has 0 aromatic heterocycles. The van der Waals surface area contributed by atoms with Crippen molar-refractivity contribution in [1.82, 2.24) is 9.80 Å². The van der Waals surface area contributed by atoms with Crippen LogP contribution in [0.2, 0.25) is 0 Å². The molecule has 2 amide bonds. The second-order valence-corrected chi connectivity index (χ2v) is 11.5. The number of hydrogen-bond donors (Lipinski definition) is 1. The Kier molecular flexibility index (Phi) is 10.2. The summed E-state index contributed by atoms with van der Waals surface area (Å²) in [6.45, 7) is 12.5. The van der Waals surface area contributed by atoms with Gasteiger partial charge < -0.3 is 24.4 Å². The van der Waals surface area contributed by atoms with E-state index in [2.05, 4.69) is 29.1 Å². The number of halogens is 1. The molecule has 6 atom stereocenters. The third kappa shape index (κ3) is 5.43. The van der Waals surface area contributed by atoms with E-state index in [0.717, 1.165) is 25.7 Å². The molecule has 0 radical (unpaired) electrons. The first-order valence-corrected chi connectivity index (χ1v) is 14.1. The summed E-state index contributed by atoms with van der Waals surface area (Å²) in [5.41, 5.74) is -1.08. The van der Waals surface area contributed by atoms with Gasteiger partial charge in [-0.25, -0.2) is 0 Å². The van der Waals surface area contributed by atoms with Crippen LogP contribution in [0.1, 0.15) is 58.8 Å². The number of carbonyl (C=O) groups excluding carboxylic acids is 3. The molecule has 0 aliphatic carbocycles. The van der Waals surface area contributed by atoms with E-state index in [1.54, 1.807) is 15.9 Å². The fourth-order valence-corrected chi connectivity index (χ4v) is 6.94. The lowest BCUT2D eigenvalue weighted by Crippen LogP contribution is -2.58. The molecule has 3 fully saturated rings. The lowest BCUT2D eigenvalue weighted by Gasteiger charge is -2.38. The summed E-state index contributed by atoms with van der Waals surface area (Å²) < 4.78 is 12.1. The zero-order valence-electron chi connectivity index (χ0n) is 21.6. The number of likely N-dealkylation sites (tertiary alicyclic amines) is 1. The molecule has 3 unspecified atom stereocenters. The first kappa shape index (κ1) is 28.9. The molecule has 36 heavy (non-hydrogen) atoms. The monoisotopic (exact) mass is 568 g/mol. The Morgan fingerprint density at radius 3 is 2.64 bits per heavy atom. The number of ether oxygens (including phenoxy) is 2. The van der Waals surface area contributed by atoms with Crippen LogP contribution in [-0.4, -0.2) is 87.6 Å². The number of fused-ring (bicyclic) bond motifs is 1. The van der Waals surface area contributed by atoms with Gasteiger partial charge in [0.05, 0.1) is 24.5 Å². The van der Waals surface area contributed by atoms with Gasteiger partial charge in [-0.05, 0) is 58.8 Å². The highest BCUT2D eigenvalue weighted by Crippen LogP contribution is 2.60. The predicted octanol–water partition coefficient (Wildman–Crippen LogP) is 3.22. The van der Waals surface area contributed by atoms with E-state index in [1.165, 1.54) is 0 Å². The van der Waals surface area contributed by atoms with E-state index < -0.39 is 35.6 Å². The number of rotatable bonds is 15. The Labute approximate surface area is 223 Å². The summed E-state index contributed by atoms with van der Waals surface area (Å²) in [7, 11) is 0. The number of alkyl halides is 1. The maximum absolute atomic E-state index is 14.0. The number of nitrogens with zero attached hydrogens (tertiary/aromatic N) is 2. The molecule has 0 saturated carbocycles. The second-order valence-electron chi connectivity index (χ2n) is 10.3. The highest BCUT2D eigenvalue weighted by molar-refractivity contribution is 9.09. The highest BCUT2D eigenvalue weighted by Gasteiger charge is 2.77. The van der Waals surface area contributed by atoms with Gasteiger partial charge in [-0.2, -0.15) is 0 Å². The Morgan fingerprint density at radius 1 is 1.25 bits per heavy atom. The number of carbonyl (C=O) groups is 3. The normalized spacial score (nSPS) is 30.5. The second kappa shape index (κ2) is 12.7. The SMILES string of the molecule is C=CCCCCOC(=O)[C@H]1[C@@H]2OC3(CC2Br)C(C(=O)N(CC=C)C(C)C)N(CCCCCO)C(=O)[C@H]13. The van der Waals surface area contributed by atoms with Gasteiger partial charge >= 0.3 is 5.97 Å². The molecular weight excluding hydrogens is 528 g/mol. The molecule has 3 heterocycles. The lowest BCUT2D eigenvalue weighted by atomic mass is 9.70. The third-order valence-electron chi connectivity index (χ3n) is 7.63. The van der Waals surface area contributed by atoms with E-state index in [4.69, 9.17) is 9.47 Å². The van der Waals surface area contributed by atoms with E-state index >= 15 is 0 Å². The maximum atomic E-state index is 14.0. The van der Waals surface area contributed by atoms with E-state index in [0.29, 0.717) is 32.4 Å². The fraction of sp³-hybridized carbons (Fsp3) is 0.741. The number of aliphatic hydroxyl groups is 1. The summed E-state index contributed by atoms with van der Waals surface area (Å²) in [6, 6.07) is -0.908. The molecule has 2 bridgehead atoms. The molecule has 1 N–H and O–H groups in total. The topological polar surface area (TPSA) is 96.4 Å². The van der Waals surface area contributed by atoms with Crippen LogP contribution in [-0.2, 0) is 23.9 Å². The van der Waals surface area contributed by atoms with Gasteiger partial charge in [0.25, 0.3) is 0 Å². The van der Waals surface area contributed by atoms with Crippen molar-refractivity contribution >= 4 is 33.7 Å². The molecule has 3 rings (SSSR count). The number of hydrogen-bond acceptors (Lipinski definition) is 6. The standard InChI is InChI=1S/C27H41BrN2O6/c1-5-7-8-12-16-35-26(34)20-21-24(32)30(14-10-9-11-15-31)23(25(33)29(13-6-2)18(3)4)27(21)17-19(28)22(20)36-27/h5-6,18-23,31H,1-2,7-17H2,3-4H3/t19?,20-,21+,22-,23?,27?/m1/s1. The van der Waals surface area contributed by atoms with Crippen LogP contribution in [0.25, 0.3) is 0 Å². The molecule has 8 nitrogen and oxygen atoms in total. The van der Waals surface area contributed by atoms with Crippen molar-refractivity contribution in [3.05, 3.63) is 25.3 Å². The average molecular weight is 570 g/mol. The summed E-state index contributed by atoms with van der Waals surface area (Å²) in [4.78, 5) is 44.4. The molecule has 3 saturated heterocycles. The van der Waals surface area contributed by atoms with Crippen molar-refractivity contribution < 1.29 is 29.0 Å². The molecular formula is C27H41BrN2O6. The average Bonchev–Trinajstić information content (AvgIpc) is 3.43. The summed E-state index contributed by atoms with van der Waals surface area (Å²) in [5, 5.41) is 9.17. The maximum Gasteiger partial charge on any atom is 0.312 e. The van der Waals surface area contributed by atoms with Gasteiger partial charge in [-0.15, -0.1) is 13.2 Å². The van der Waals surface area contributed by atoms with Gasteiger partial charge in [0.2, 0.25) is 11.8 Å². The van der Waals surface area contributed by atoms with Gasteiger partial charge in [-0.3, -0.25) is 14.4 Å². The number of allylic oxidation sites excluding steroid dienone is 1. The Balaban J connectivity index is 1.91. The molecule has 202 valence electrons. The first-order valence-electron chi connectivity index (χ1n) is 13.2. The van der Waals surface area contributed by atoms with Crippen LogP contribution in [0, 0.1) is 11.8 Å². The van der Waals surface area contributed by atoms with Crippen LogP contribution in [0.15, 0.2) is 25.3 Å². The van der Waals surface area contributed by atoms with Crippen LogP contribution >= 0.6 is 15.9 Å². The highest BCUT2D eigenvalue weighted by atomic mass is 79.9. The van der Waals surface area contributed by atoms with Crippen LogP contribution < -0.4 is 0 Å². The van der Waals surface area contributed by atoms with Crippen LogP contribution in [0.4, 0.5) is 0 Å². The minimum atomic E-state index is -1.08. The molecule has 9 heteroatoms. The van der Waals surface area contributed by atoms with Crippen LogP contribution in [0.5, 0.6) is 0 Å². The zero-order chi connectivity index (χ0) is 26.5. The predicted molar refractivity (Wildman–Crippen MR) is 140 cm³/mol. The lowest BCUT2D eigenvalue weighted by molar-refractivity contribution is -0.155. The van der Waals surface area contributed by atoms with Gasteiger partial charge in [-0.1, -0.05) is 28.1 Å². The van der Waals surface area contributed by atoms with Gasteiger partial charge in [0.1, 0.15) is 11.6 Å². The number of esters is 1. The molecule has 0 aromatic carbocycles. The number of aliphatic hydroxyl groups excluding tert-OH is 1. The summed E-state index contributed by atoms with van der Waals surface area (Å²) in [6.07, 6.45) is 7.95. The van der Waals surface area contributed by atoms with Gasteiger partial charge in [0.15, 0.2) is 0 Å². The van der Waals surface area contributed by atoms with Crippen molar-refractivity contribution in [2.24, 2.45) is 11.8 Å². The van der Waals surface area contributed by atoms with Crippen molar-refractivity contribution in [2.45, 2.75) is 87.4 Å². The Morgan fingerprint density at radius 2 is 2.00 bits per heavy atom. The molecule has 3 aliphatic heterocycles.